The zero-order chi connectivity index (χ0) is 21.4. The van der Waals surface area contributed by atoms with Gasteiger partial charge in [0.05, 0.1) is 19.6 Å². The van der Waals surface area contributed by atoms with Gasteiger partial charge in [0.2, 0.25) is 0 Å². The predicted octanol–water partition coefficient (Wildman–Crippen LogP) is 7.72. The standard InChI is InChI=1S/C28H27ClO2/c1-30-26-8-4-7-24-23-16-15-21-19(12-9-18-10-13-20(29)14-11-18)5-3-6-22(21)25(23)17-27(31-2)28(24)26/h4,7-8,10-11,13-17,19H,3,5-6,9,12H2,1-2H3. The van der Waals surface area contributed by atoms with E-state index in [0.717, 1.165) is 34.7 Å². The summed E-state index contributed by atoms with van der Waals surface area (Å²) in [5.74, 6) is 2.34. The molecule has 0 bridgehead atoms. The van der Waals surface area contributed by atoms with Crippen molar-refractivity contribution < 1.29 is 9.47 Å². The molecule has 1 atom stereocenters. The van der Waals surface area contributed by atoms with Crippen molar-refractivity contribution in [2.75, 3.05) is 14.2 Å². The van der Waals surface area contributed by atoms with E-state index in [-0.39, 0.29) is 0 Å². The maximum atomic E-state index is 6.05. The minimum atomic E-state index is 0.593. The summed E-state index contributed by atoms with van der Waals surface area (Å²) in [4.78, 5) is 0. The Bertz CT molecular complexity index is 1240. The maximum Gasteiger partial charge on any atom is 0.131 e. The van der Waals surface area contributed by atoms with Crippen LogP contribution in [0.5, 0.6) is 11.5 Å². The van der Waals surface area contributed by atoms with Gasteiger partial charge in [-0.1, -0.05) is 48.0 Å². The summed E-state index contributed by atoms with van der Waals surface area (Å²) in [6.07, 6.45) is 5.86. The Kier molecular flexibility index (Phi) is 5.50. The van der Waals surface area contributed by atoms with Crippen molar-refractivity contribution in [3.8, 4) is 11.5 Å². The molecule has 0 heterocycles. The van der Waals surface area contributed by atoms with E-state index in [0.29, 0.717) is 5.92 Å². The smallest absolute Gasteiger partial charge is 0.131 e. The lowest BCUT2D eigenvalue weighted by atomic mass is 9.77. The quantitative estimate of drug-likeness (QED) is 0.302. The van der Waals surface area contributed by atoms with Gasteiger partial charge in [-0.25, -0.2) is 0 Å². The molecule has 2 nitrogen and oxygen atoms in total. The minimum absolute atomic E-state index is 0.593. The molecular weight excluding hydrogens is 404 g/mol. The van der Waals surface area contributed by atoms with Gasteiger partial charge in [-0.05, 0) is 95.1 Å². The number of ether oxygens (including phenoxy) is 2. The molecule has 0 aromatic heterocycles. The van der Waals surface area contributed by atoms with Crippen molar-refractivity contribution in [3.63, 3.8) is 0 Å². The lowest BCUT2D eigenvalue weighted by Gasteiger charge is -2.27. The van der Waals surface area contributed by atoms with Gasteiger partial charge in [-0.2, -0.15) is 0 Å². The van der Waals surface area contributed by atoms with Crippen LogP contribution in [0.15, 0.2) is 60.7 Å². The molecule has 0 aliphatic heterocycles. The second-order valence-corrected chi connectivity index (χ2v) is 8.88. The Labute approximate surface area is 188 Å². The Morgan fingerprint density at radius 2 is 1.68 bits per heavy atom. The van der Waals surface area contributed by atoms with Gasteiger partial charge in [-0.15, -0.1) is 0 Å². The number of hydrogen-bond acceptors (Lipinski definition) is 2. The van der Waals surface area contributed by atoms with Gasteiger partial charge < -0.3 is 9.47 Å². The third-order valence-corrected chi connectivity index (χ3v) is 7.04. The van der Waals surface area contributed by atoms with Gasteiger partial charge in [0, 0.05) is 5.02 Å². The molecule has 3 heteroatoms. The fourth-order valence-corrected chi connectivity index (χ4v) is 5.39. The summed E-state index contributed by atoms with van der Waals surface area (Å²) in [7, 11) is 3.47. The Morgan fingerprint density at radius 1 is 0.871 bits per heavy atom. The van der Waals surface area contributed by atoms with Gasteiger partial charge in [0.15, 0.2) is 0 Å². The highest BCUT2D eigenvalue weighted by Gasteiger charge is 2.23. The van der Waals surface area contributed by atoms with Crippen LogP contribution in [0.4, 0.5) is 0 Å². The molecule has 0 amide bonds. The maximum absolute atomic E-state index is 6.05. The molecule has 31 heavy (non-hydrogen) atoms. The summed E-state index contributed by atoms with van der Waals surface area (Å²) in [6.45, 7) is 0. The molecule has 5 rings (SSSR count). The lowest BCUT2D eigenvalue weighted by molar-refractivity contribution is 0.405. The van der Waals surface area contributed by atoms with E-state index in [1.165, 1.54) is 52.1 Å². The lowest BCUT2D eigenvalue weighted by Crippen LogP contribution is -2.11. The number of hydrogen-bond donors (Lipinski definition) is 0. The molecule has 0 spiro atoms. The summed E-state index contributed by atoms with van der Waals surface area (Å²) < 4.78 is 11.5. The summed E-state index contributed by atoms with van der Waals surface area (Å²) in [5, 5.41) is 5.66. The van der Waals surface area contributed by atoms with Crippen molar-refractivity contribution in [2.24, 2.45) is 0 Å². The first-order valence-corrected chi connectivity index (χ1v) is 11.4. The second kappa shape index (κ2) is 8.43. The first-order chi connectivity index (χ1) is 15.2. The molecule has 0 saturated carbocycles. The van der Waals surface area contributed by atoms with Gasteiger partial charge >= 0.3 is 0 Å². The molecule has 1 aliphatic carbocycles. The number of benzene rings is 4. The highest BCUT2D eigenvalue weighted by molar-refractivity contribution is 6.30. The molecule has 0 N–H and O–H groups in total. The van der Waals surface area contributed by atoms with Crippen molar-refractivity contribution in [2.45, 2.75) is 38.0 Å². The van der Waals surface area contributed by atoms with E-state index in [9.17, 15) is 0 Å². The number of fused-ring (bicyclic) bond motifs is 5. The highest BCUT2D eigenvalue weighted by Crippen LogP contribution is 2.44. The van der Waals surface area contributed by atoms with E-state index in [2.05, 4.69) is 42.5 Å². The summed E-state index contributed by atoms with van der Waals surface area (Å²) >= 11 is 6.05. The van der Waals surface area contributed by atoms with Crippen LogP contribution >= 0.6 is 11.6 Å². The van der Waals surface area contributed by atoms with Crippen LogP contribution in [0.3, 0.4) is 0 Å². The zero-order valence-electron chi connectivity index (χ0n) is 18.1. The fraction of sp³-hybridized carbons (Fsp3) is 0.286. The van der Waals surface area contributed by atoms with Crippen LogP contribution in [0.25, 0.3) is 21.5 Å². The SMILES string of the molecule is COc1cccc2c1c(OC)cc1c3c(ccc12)C(CCc1ccc(Cl)cc1)CCC3. The van der Waals surface area contributed by atoms with Crippen LogP contribution in [0.1, 0.15) is 41.9 Å². The van der Waals surface area contributed by atoms with Crippen molar-refractivity contribution in [1.29, 1.82) is 0 Å². The van der Waals surface area contributed by atoms with E-state index >= 15 is 0 Å². The first kappa shape index (κ1) is 20.2. The molecule has 4 aromatic carbocycles. The minimum Gasteiger partial charge on any atom is -0.496 e. The van der Waals surface area contributed by atoms with E-state index in [1.807, 2.05) is 18.2 Å². The predicted molar refractivity (Wildman–Crippen MR) is 130 cm³/mol. The topological polar surface area (TPSA) is 18.5 Å². The van der Waals surface area contributed by atoms with Crippen LogP contribution in [0.2, 0.25) is 5.02 Å². The van der Waals surface area contributed by atoms with E-state index in [4.69, 9.17) is 21.1 Å². The van der Waals surface area contributed by atoms with Crippen molar-refractivity contribution >= 4 is 33.1 Å². The average Bonchev–Trinajstić information content (AvgIpc) is 2.82. The van der Waals surface area contributed by atoms with Gasteiger partial charge in [-0.3, -0.25) is 0 Å². The zero-order valence-corrected chi connectivity index (χ0v) is 18.8. The highest BCUT2D eigenvalue weighted by atomic mass is 35.5. The van der Waals surface area contributed by atoms with E-state index < -0.39 is 0 Å². The molecular formula is C28H27ClO2. The van der Waals surface area contributed by atoms with Crippen LogP contribution in [-0.4, -0.2) is 14.2 Å². The number of methoxy groups -OCH3 is 2. The second-order valence-electron chi connectivity index (χ2n) is 8.44. The molecule has 1 aliphatic rings. The largest absolute Gasteiger partial charge is 0.496 e. The first-order valence-electron chi connectivity index (χ1n) is 11.0. The summed E-state index contributed by atoms with van der Waals surface area (Å²) in [5.41, 5.74) is 4.36. The molecule has 0 fully saturated rings. The number of aryl methyl sites for hydroxylation is 2. The summed E-state index contributed by atoms with van der Waals surface area (Å²) in [6, 6.07) is 21.4. The van der Waals surface area contributed by atoms with Crippen molar-refractivity contribution in [1.82, 2.24) is 0 Å². The van der Waals surface area contributed by atoms with Crippen LogP contribution in [-0.2, 0) is 12.8 Å². The molecule has 0 saturated heterocycles. The van der Waals surface area contributed by atoms with Crippen LogP contribution in [0, 0.1) is 0 Å². The Hall–Kier alpha value is -2.71. The molecule has 1 unspecified atom stereocenters. The Balaban J connectivity index is 1.58. The molecule has 158 valence electrons. The third kappa shape index (κ3) is 3.64. The van der Waals surface area contributed by atoms with E-state index in [1.54, 1.807) is 14.2 Å². The third-order valence-electron chi connectivity index (χ3n) is 6.79. The Morgan fingerprint density at radius 3 is 2.45 bits per heavy atom. The van der Waals surface area contributed by atoms with Gasteiger partial charge in [0.1, 0.15) is 11.5 Å². The fourth-order valence-electron chi connectivity index (χ4n) is 5.26. The van der Waals surface area contributed by atoms with Crippen LogP contribution < -0.4 is 9.47 Å². The number of rotatable bonds is 5. The van der Waals surface area contributed by atoms with Gasteiger partial charge in [0.25, 0.3) is 0 Å². The average molecular weight is 431 g/mol. The monoisotopic (exact) mass is 430 g/mol. The normalized spacial score (nSPS) is 15.8. The van der Waals surface area contributed by atoms with Crippen molar-refractivity contribution in [3.05, 3.63) is 82.4 Å². The number of halogens is 1. The molecule has 4 aromatic rings. The molecule has 0 radical (unpaired) electrons.